The number of halogens is 1. The van der Waals surface area contributed by atoms with Gasteiger partial charge in [0.15, 0.2) is 5.11 Å². The van der Waals surface area contributed by atoms with E-state index in [9.17, 15) is 19.6 Å². The molecule has 120 valence electrons. The summed E-state index contributed by atoms with van der Waals surface area (Å²) in [6.45, 7) is 0.130. The topological polar surface area (TPSA) is 87.4 Å². The van der Waals surface area contributed by atoms with E-state index in [1.807, 2.05) is 0 Å². The Kier molecular flexibility index (Phi) is 5.56. The van der Waals surface area contributed by atoms with Crippen LogP contribution in [0.1, 0.15) is 11.7 Å². The minimum absolute atomic E-state index is 0.0394. The molecule has 0 aliphatic heterocycles. The minimum Gasteiger partial charge on any atom is -0.387 e. The molecule has 1 atom stereocenters. The van der Waals surface area contributed by atoms with Crippen molar-refractivity contribution in [3.05, 3.63) is 70.0 Å². The van der Waals surface area contributed by atoms with Crippen molar-refractivity contribution in [1.29, 1.82) is 0 Å². The highest BCUT2D eigenvalue weighted by atomic mass is 32.1. The Morgan fingerprint density at radius 2 is 1.83 bits per heavy atom. The average Bonchev–Trinajstić information content (AvgIpc) is 2.55. The fourth-order valence-electron chi connectivity index (χ4n) is 1.83. The van der Waals surface area contributed by atoms with Crippen molar-refractivity contribution in [2.75, 3.05) is 11.9 Å². The van der Waals surface area contributed by atoms with E-state index in [2.05, 4.69) is 10.6 Å². The number of nitrogens with zero attached hydrogens (tertiary/aromatic N) is 1. The zero-order valence-corrected chi connectivity index (χ0v) is 12.7. The number of hydrogen-bond acceptors (Lipinski definition) is 4. The van der Waals surface area contributed by atoms with Gasteiger partial charge in [0.2, 0.25) is 0 Å². The second kappa shape index (κ2) is 7.61. The van der Waals surface area contributed by atoms with Gasteiger partial charge in [-0.2, -0.15) is 0 Å². The summed E-state index contributed by atoms with van der Waals surface area (Å²) in [5.41, 5.74) is 1.11. The molecule has 6 nitrogen and oxygen atoms in total. The van der Waals surface area contributed by atoms with Gasteiger partial charge >= 0.3 is 0 Å². The van der Waals surface area contributed by atoms with E-state index < -0.39 is 11.0 Å². The molecule has 0 radical (unpaired) electrons. The van der Waals surface area contributed by atoms with Crippen molar-refractivity contribution in [2.45, 2.75) is 6.10 Å². The molecule has 23 heavy (non-hydrogen) atoms. The van der Waals surface area contributed by atoms with Crippen LogP contribution < -0.4 is 10.6 Å². The van der Waals surface area contributed by atoms with Crippen molar-refractivity contribution in [3.8, 4) is 0 Å². The number of aliphatic hydroxyl groups is 1. The summed E-state index contributed by atoms with van der Waals surface area (Å²) in [4.78, 5) is 10.1. The van der Waals surface area contributed by atoms with Crippen LogP contribution >= 0.6 is 12.2 Å². The summed E-state index contributed by atoms with van der Waals surface area (Å²) in [6.07, 6.45) is -0.872. The first-order chi connectivity index (χ1) is 11.0. The van der Waals surface area contributed by atoms with E-state index in [1.54, 1.807) is 0 Å². The quantitative estimate of drug-likeness (QED) is 0.442. The maximum atomic E-state index is 12.8. The Morgan fingerprint density at radius 3 is 2.39 bits per heavy atom. The molecular formula is C15H14FN3O3S. The fraction of sp³-hybridized carbons (Fsp3) is 0.133. The highest BCUT2D eigenvalue weighted by Crippen LogP contribution is 2.17. The van der Waals surface area contributed by atoms with E-state index in [4.69, 9.17) is 12.2 Å². The average molecular weight is 335 g/mol. The first-order valence-corrected chi connectivity index (χ1v) is 7.09. The van der Waals surface area contributed by atoms with Crippen LogP contribution in [0.4, 0.5) is 15.8 Å². The lowest BCUT2D eigenvalue weighted by atomic mass is 10.1. The normalized spacial score (nSPS) is 11.6. The highest BCUT2D eigenvalue weighted by molar-refractivity contribution is 7.80. The SMILES string of the molecule is O=[N+]([O-])c1ccc(C(O)CNC(=S)Nc2ccc(F)cc2)cc1. The molecule has 0 aliphatic carbocycles. The molecule has 0 saturated heterocycles. The van der Waals surface area contributed by atoms with E-state index in [1.165, 1.54) is 48.5 Å². The Morgan fingerprint density at radius 1 is 1.22 bits per heavy atom. The first kappa shape index (κ1) is 16.8. The van der Waals surface area contributed by atoms with E-state index in [0.29, 0.717) is 11.3 Å². The molecule has 0 amide bonds. The molecule has 2 aromatic rings. The number of nitrogens with one attached hydrogen (secondary N) is 2. The van der Waals surface area contributed by atoms with Gasteiger partial charge in [-0.25, -0.2) is 4.39 Å². The monoisotopic (exact) mass is 335 g/mol. The third kappa shape index (κ3) is 4.97. The Hall–Kier alpha value is -2.58. The molecule has 0 heterocycles. The number of benzene rings is 2. The smallest absolute Gasteiger partial charge is 0.269 e. The molecule has 0 spiro atoms. The van der Waals surface area contributed by atoms with Crippen LogP contribution in [0, 0.1) is 15.9 Å². The molecule has 2 aromatic carbocycles. The second-order valence-electron chi connectivity index (χ2n) is 4.71. The number of aliphatic hydroxyl groups excluding tert-OH is 1. The number of anilines is 1. The minimum atomic E-state index is -0.872. The van der Waals surface area contributed by atoms with Gasteiger partial charge in [-0.3, -0.25) is 10.1 Å². The van der Waals surface area contributed by atoms with Crippen LogP contribution in [0.15, 0.2) is 48.5 Å². The van der Waals surface area contributed by atoms with Gasteiger partial charge in [0, 0.05) is 24.4 Å². The van der Waals surface area contributed by atoms with Crippen molar-refractivity contribution in [2.24, 2.45) is 0 Å². The third-order valence-electron chi connectivity index (χ3n) is 3.05. The number of nitro benzene ring substituents is 1. The van der Waals surface area contributed by atoms with Gasteiger partial charge in [0.25, 0.3) is 5.69 Å². The van der Waals surface area contributed by atoms with Crippen LogP contribution in [0.3, 0.4) is 0 Å². The van der Waals surface area contributed by atoms with Gasteiger partial charge in [-0.1, -0.05) is 0 Å². The third-order valence-corrected chi connectivity index (χ3v) is 3.29. The van der Waals surface area contributed by atoms with Crippen molar-refractivity contribution >= 4 is 28.7 Å². The maximum Gasteiger partial charge on any atom is 0.269 e. The standard InChI is InChI=1S/C15H14FN3O3S/c16-11-3-5-12(6-4-11)18-15(23)17-9-14(20)10-1-7-13(8-2-10)19(21)22/h1-8,14,20H,9H2,(H2,17,18,23). The van der Waals surface area contributed by atoms with Crippen molar-refractivity contribution < 1.29 is 14.4 Å². The predicted octanol–water partition coefficient (Wildman–Crippen LogP) is 2.75. The summed E-state index contributed by atoms with van der Waals surface area (Å²) in [7, 11) is 0. The Balaban J connectivity index is 1.85. The highest BCUT2D eigenvalue weighted by Gasteiger charge is 2.11. The summed E-state index contributed by atoms with van der Waals surface area (Å²) < 4.78 is 12.8. The van der Waals surface area contributed by atoms with Crippen LogP contribution in [-0.2, 0) is 0 Å². The molecule has 0 aliphatic rings. The molecule has 0 saturated carbocycles. The van der Waals surface area contributed by atoms with Gasteiger partial charge < -0.3 is 15.7 Å². The maximum absolute atomic E-state index is 12.8. The molecule has 0 aromatic heterocycles. The number of hydrogen-bond donors (Lipinski definition) is 3. The van der Waals surface area contributed by atoms with Crippen LogP contribution in [0.25, 0.3) is 0 Å². The van der Waals surface area contributed by atoms with Gasteiger partial charge in [-0.05, 0) is 54.2 Å². The van der Waals surface area contributed by atoms with Gasteiger partial charge in [0.05, 0.1) is 11.0 Å². The fourth-order valence-corrected chi connectivity index (χ4v) is 2.04. The number of rotatable bonds is 5. The molecule has 3 N–H and O–H groups in total. The number of thiocarbonyl (C=S) groups is 1. The predicted molar refractivity (Wildman–Crippen MR) is 88.7 cm³/mol. The molecule has 0 bridgehead atoms. The Bertz CT molecular complexity index is 692. The first-order valence-electron chi connectivity index (χ1n) is 6.68. The lowest BCUT2D eigenvalue weighted by molar-refractivity contribution is -0.384. The van der Waals surface area contributed by atoms with Gasteiger partial charge in [0.1, 0.15) is 5.82 Å². The summed E-state index contributed by atoms with van der Waals surface area (Å²) in [6, 6.07) is 11.3. The summed E-state index contributed by atoms with van der Waals surface area (Å²) in [5.74, 6) is -0.344. The zero-order chi connectivity index (χ0) is 16.8. The molecule has 2 rings (SSSR count). The molecule has 0 fully saturated rings. The molecular weight excluding hydrogens is 321 g/mol. The van der Waals surface area contributed by atoms with E-state index in [0.717, 1.165) is 0 Å². The lowest BCUT2D eigenvalue weighted by Crippen LogP contribution is -2.32. The lowest BCUT2D eigenvalue weighted by Gasteiger charge is -2.14. The molecule has 1 unspecified atom stereocenters. The second-order valence-corrected chi connectivity index (χ2v) is 5.11. The van der Waals surface area contributed by atoms with Crippen molar-refractivity contribution in [1.82, 2.24) is 5.32 Å². The Labute approximate surface area is 137 Å². The number of nitro groups is 1. The van der Waals surface area contributed by atoms with Crippen LogP contribution in [0.2, 0.25) is 0 Å². The molecule has 8 heteroatoms. The number of non-ortho nitro benzene ring substituents is 1. The van der Waals surface area contributed by atoms with Crippen LogP contribution in [0.5, 0.6) is 0 Å². The van der Waals surface area contributed by atoms with Crippen LogP contribution in [-0.4, -0.2) is 21.7 Å². The van der Waals surface area contributed by atoms with Crippen molar-refractivity contribution in [3.63, 3.8) is 0 Å². The largest absolute Gasteiger partial charge is 0.387 e. The van der Waals surface area contributed by atoms with Gasteiger partial charge in [-0.15, -0.1) is 0 Å². The zero-order valence-electron chi connectivity index (χ0n) is 11.9. The van der Waals surface area contributed by atoms with E-state index in [-0.39, 0.29) is 23.2 Å². The summed E-state index contributed by atoms with van der Waals surface area (Å²) >= 11 is 5.08. The summed E-state index contributed by atoms with van der Waals surface area (Å²) in [5, 5.41) is 26.6. The van der Waals surface area contributed by atoms with E-state index >= 15 is 0 Å².